The Morgan fingerprint density at radius 3 is 2.38 bits per heavy atom. The predicted molar refractivity (Wildman–Crippen MR) is 128 cm³/mol. The lowest BCUT2D eigenvalue weighted by Gasteiger charge is -2.32. The van der Waals surface area contributed by atoms with Crippen LogP contribution in [0.3, 0.4) is 0 Å². The zero-order valence-corrected chi connectivity index (χ0v) is 21.5. The van der Waals surface area contributed by atoms with Gasteiger partial charge in [0, 0.05) is 24.7 Å². The van der Waals surface area contributed by atoms with E-state index in [9.17, 15) is 9.59 Å². The number of Topliss-reactive ketones (excluding diaryl/α,β-unsaturated/α-hetero) is 1. The number of aromatic nitrogens is 2. The number of hydrogen-bond donors (Lipinski definition) is 0. The number of piperidine rings is 1. The van der Waals surface area contributed by atoms with Crippen LogP contribution in [0.25, 0.3) is 11.0 Å². The van der Waals surface area contributed by atoms with Gasteiger partial charge in [-0.05, 0) is 52.7 Å². The minimum Gasteiger partial charge on any atom is -0.444 e. The molecule has 0 saturated carbocycles. The Morgan fingerprint density at radius 2 is 1.78 bits per heavy atom. The molecule has 1 amide bonds. The summed E-state index contributed by atoms with van der Waals surface area (Å²) in [5.74, 6) is 0.303. The van der Waals surface area contributed by atoms with E-state index in [2.05, 4.69) is 31.5 Å². The lowest BCUT2D eigenvalue weighted by atomic mass is 9.92. The summed E-state index contributed by atoms with van der Waals surface area (Å²) in [6.45, 7) is 15.8. The number of ether oxygens (including phenoxy) is 2. The molecule has 0 aliphatic carbocycles. The van der Waals surface area contributed by atoms with E-state index in [1.807, 2.05) is 49.6 Å². The molecule has 1 aliphatic heterocycles. The van der Waals surface area contributed by atoms with Crippen LogP contribution in [-0.2, 0) is 16.2 Å². The van der Waals surface area contributed by atoms with E-state index in [1.54, 1.807) is 4.90 Å². The Hall–Kier alpha value is -2.19. The highest BCUT2D eigenvalue weighted by Crippen LogP contribution is 2.26. The number of amides is 1. The van der Waals surface area contributed by atoms with Crippen molar-refractivity contribution in [1.82, 2.24) is 14.5 Å². The van der Waals surface area contributed by atoms with Crippen LogP contribution in [0.2, 0.25) is 19.6 Å². The number of likely N-dealkylation sites (tertiary alicyclic amines) is 1. The van der Waals surface area contributed by atoms with Gasteiger partial charge in [-0.2, -0.15) is 0 Å². The van der Waals surface area contributed by atoms with Gasteiger partial charge in [-0.15, -0.1) is 0 Å². The van der Waals surface area contributed by atoms with Crippen molar-refractivity contribution in [2.24, 2.45) is 5.92 Å². The van der Waals surface area contributed by atoms with E-state index < -0.39 is 13.7 Å². The molecule has 7 nitrogen and oxygen atoms in total. The number of carbonyl (C=O) groups excluding carboxylic acids is 2. The Morgan fingerprint density at radius 1 is 1.16 bits per heavy atom. The van der Waals surface area contributed by atoms with Gasteiger partial charge in [0.15, 0.2) is 5.82 Å². The first kappa shape index (κ1) is 24.4. The van der Waals surface area contributed by atoms with E-state index >= 15 is 0 Å². The van der Waals surface area contributed by atoms with Gasteiger partial charge in [0.25, 0.3) is 0 Å². The summed E-state index contributed by atoms with van der Waals surface area (Å²) >= 11 is 0. The number of carbonyl (C=O) groups is 2. The molecule has 0 spiro atoms. The molecule has 1 aliphatic rings. The van der Waals surface area contributed by atoms with Gasteiger partial charge in [0.2, 0.25) is 5.78 Å². The van der Waals surface area contributed by atoms with Crippen LogP contribution in [0, 0.1) is 5.92 Å². The maximum absolute atomic E-state index is 13.5. The standard InChI is InChI=1S/C24H37N3O4Si/c1-17(32(5,6)7)30-16-27-20-11-9-8-10-19(20)25-22(27)21(28)18-12-14-26(15-13-18)23(29)31-24(2,3)4/h8-11,17-18H,12-16H2,1-7H3. The maximum Gasteiger partial charge on any atom is 0.410 e. The third-order valence-electron chi connectivity index (χ3n) is 6.07. The van der Waals surface area contributed by atoms with Gasteiger partial charge in [-0.1, -0.05) is 31.8 Å². The molecule has 32 heavy (non-hydrogen) atoms. The summed E-state index contributed by atoms with van der Waals surface area (Å²) in [6.07, 6.45) is 0.894. The molecule has 176 valence electrons. The topological polar surface area (TPSA) is 73.7 Å². The minimum absolute atomic E-state index is 0.0225. The van der Waals surface area contributed by atoms with Gasteiger partial charge in [-0.25, -0.2) is 9.78 Å². The van der Waals surface area contributed by atoms with E-state index in [0.29, 0.717) is 38.5 Å². The summed E-state index contributed by atoms with van der Waals surface area (Å²) in [5, 5.41) is 0. The third kappa shape index (κ3) is 5.78. The average molecular weight is 460 g/mol. The fourth-order valence-corrected chi connectivity index (χ4v) is 4.24. The highest BCUT2D eigenvalue weighted by Gasteiger charge is 2.33. The number of ketones is 1. The molecule has 1 fully saturated rings. The quantitative estimate of drug-likeness (QED) is 0.443. The molecule has 2 aromatic rings. The Bertz CT molecular complexity index is 966. The summed E-state index contributed by atoms with van der Waals surface area (Å²) in [4.78, 5) is 32.2. The van der Waals surface area contributed by atoms with Crippen molar-refractivity contribution < 1.29 is 19.1 Å². The molecule has 1 aromatic carbocycles. The van der Waals surface area contributed by atoms with E-state index in [-0.39, 0.29) is 23.5 Å². The van der Waals surface area contributed by atoms with Gasteiger partial charge in [0.05, 0.1) is 19.1 Å². The first-order valence-electron chi connectivity index (χ1n) is 11.5. The van der Waals surface area contributed by atoms with Crippen LogP contribution in [0.5, 0.6) is 0 Å². The van der Waals surface area contributed by atoms with Crippen molar-refractivity contribution in [3.63, 3.8) is 0 Å². The molecule has 1 atom stereocenters. The fraction of sp³-hybridized carbons (Fsp3) is 0.625. The third-order valence-corrected chi connectivity index (χ3v) is 8.67. The van der Waals surface area contributed by atoms with E-state index in [1.165, 1.54) is 0 Å². The van der Waals surface area contributed by atoms with Crippen molar-refractivity contribution in [3.05, 3.63) is 30.1 Å². The van der Waals surface area contributed by atoms with Crippen molar-refractivity contribution in [1.29, 1.82) is 0 Å². The molecule has 2 heterocycles. The molecule has 8 heteroatoms. The summed E-state index contributed by atoms with van der Waals surface area (Å²) in [7, 11) is -1.46. The second-order valence-corrected chi connectivity index (χ2v) is 16.3. The average Bonchev–Trinajstić information content (AvgIpc) is 3.08. The second-order valence-electron chi connectivity index (χ2n) is 10.8. The number of imidazole rings is 1. The van der Waals surface area contributed by atoms with Gasteiger partial charge in [-0.3, -0.25) is 9.36 Å². The first-order chi connectivity index (χ1) is 14.9. The zero-order valence-electron chi connectivity index (χ0n) is 20.5. The number of nitrogens with zero attached hydrogens (tertiary/aromatic N) is 3. The normalized spacial score (nSPS) is 16.9. The number of rotatable bonds is 6. The van der Waals surface area contributed by atoms with Crippen LogP contribution >= 0.6 is 0 Å². The predicted octanol–water partition coefficient (Wildman–Crippen LogP) is 5.11. The van der Waals surface area contributed by atoms with Gasteiger partial charge in [0.1, 0.15) is 12.3 Å². The molecular weight excluding hydrogens is 422 g/mol. The van der Waals surface area contributed by atoms with Crippen LogP contribution in [0.15, 0.2) is 24.3 Å². The highest BCUT2D eigenvalue weighted by molar-refractivity contribution is 6.77. The zero-order chi connectivity index (χ0) is 23.7. The Balaban J connectivity index is 1.75. The minimum atomic E-state index is -1.46. The number of fused-ring (bicyclic) bond motifs is 1. The second kappa shape index (κ2) is 9.35. The van der Waals surface area contributed by atoms with Crippen molar-refractivity contribution in [2.45, 2.75) is 78.2 Å². The Kier molecular flexibility index (Phi) is 7.14. The van der Waals surface area contributed by atoms with E-state index in [4.69, 9.17) is 9.47 Å². The summed E-state index contributed by atoms with van der Waals surface area (Å²) in [5.41, 5.74) is 1.33. The van der Waals surface area contributed by atoms with Crippen LogP contribution < -0.4 is 0 Å². The van der Waals surface area contributed by atoms with Crippen LogP contribution in [0.1, 0.15) is 51.2 Å². The number of hydrogen-bond acceptors (Lipinski definition) is 5. The van der Waals surface area contributed by atoms with Crippen LogP contribution in [-0.4, -0.2) is 58.8 Å². The SMILES string of the molecule is CC(OCn1c(C(=O)C2CCN(C(=O)OC(C)(C)C)CC2)nc2ccccc21)[Si](C)(C)C. The van der Waals surface area contributed by atoms with E-state index in [0.717, 1.165) is 11.0 Å². The first-order valence-corrected chi connectivity index (χ1v) is 15.0. The fourth-order valence-electron chi connectivity index (χ4n) is 3.66. The molecule has 0 radical (unpaired) electrons. The Labute approximate surface area is 192 Å². The van der Waals surface area contributed by atoms with Crippen molar-refractivity contribution >= 4 is 31.0 Å². The lowest BCUT2D eigenvalue weighted by molar-refractivity contribution is 0.0180. The molecule has 0 N–H and O–H groups in total. The smallest absolute Gasteiger partial charge is 0.410 e. The molecule has 0 bridgehead atoms. The van der Waals surface area contributed by atoms with Gasteiger partial charge < -0.3 is 14.4 Å². The molecule has 1 unspecified atom stereocenters. The monoisotopic (exact) mass is 459 g/mol. The van der Waals surface area contributed by atoms with Gasteiger partial charge >= 0.3 is 6.09 Å². The molecule has 3 rings (SSSR count). The maximum atomic E-state index is 13.5. The highest BCUT2D eigenvalue weighted by atomic mass is 28.3. The van der Waals surface area contributed by atoms with Crippen LogP contribution in [0.4, 0.5) is 4.79 Å². The number of para-hydroxylation sites is 2. The molecule has 1 saturated heterocycles. The van der Waals surface area contributed by atoms with Crippen molar-refractivity contribution in [3.8, 4) is 0 Å². The molecule has 1 aromatic heterocycles. The largest absolute Gasteiger partial charge is 0.444 e. The molecular formula is C24H37N3O4Si. The van der Waals surface area contributed by atoms with Crippen molar-refractivity contribution in [2.75, 3.05) is 13.1 Å². The number of benzene rings is 1. The summed E-state index contributed by atoms with van der Waals surface area (Å²) in [6, 6.07) is 7.79. The summed E-state index contributed by atoms with van der Waals surface area (Å²) < 4.78 is 13.6. The lowest BCUT2D eigenvalue weighted by Crippen LogP contribution is -2.43.